The molecule has 1 fully saturated rings. The Bertz CT molecular complexity index is 676. The summed E-state index contributed by atoms with van der Waals surface area (Å²) in [6.07, 6.45) is 10.3. The Morgan fingerprint density at radius 3 is 2.96 bits per heavy atom. The predicted octanol–water partition coefficient (Wildman–Crippen LogP) is 1.81. The minimum absolute atomic E-state index is 0.0133. The van der Waals surface area contributed by atoms with Gasteiger partial charge in [-0.2, -0.15) is 5.10 Å². The second-order valence-corrected chi connectivity index (χ2v) is 6.50. The van der Waals surface area contributed by atoms with E-state index >= 15 is 0 Å². The van der Waals surface area contributed by atoms with Crippen molar-refractivity contribution in [1.29, 1.82) is 0 Å². The fraction of sp³-hybridized carbons (Fsp3) is 0.588. The summed E-state index contributed by atoms with van der Waals surface area (Å²) < 4.78 is 3.87. The van der Waals surface area contributed by atoms with E-state index in [1.807, 2.05) is 38.6 Å². The number of likely N-dealkylation sites (tertiary alicyclic amines) is 1. The van der Waals surface area contributed by atoms with E-state index < -0.39 is 0 Å². The lowest BCUT2D eigenvalue weighted by Gasteiger charge is -2.35. The molecular weight excluding hydrogens is 304 g/mol. The number of nitrogens with one attached hydrogen (secondary N) is 1. The van der Waals surface area contributed by atoms with Gasteiger partial charge < -0.3 is 9.88 Å². The molecule has 3 rings (SSSR count). The maximum Gasteiger partial charge on any atom is 0.239 e. The third-order valence-electron chi connectivity index (χ3n) is 4.70. The summed E-state index contributed by atoms with van der Waals surface area (Å²) in [5, 5.41) is 7.08. The molecule has 1 N–H and O–H groups in total. The largest absolute Gasteiger partial charge is 0.335 e. The Labute approximate surface area is 142 Å². The highest BCUT2D eigenvalue weighted by Crippen LogP contribution is 2.20. The Hall–Kier alpha value is -2.15. The van der Waals surface area contributed by atoms with E-state index in [0.717, 1.165) is 38.2 Å². The van der Waals surface area contributed by atoms with Crippen molar-refractivity contribution in [3.63, 3.8) is 0 Å². The standard InChI is InChI=1S/C17H26N6O/c1-14-18-8-12-22(14)11-6-15-5-3-4-9-23(15)13-17(24)19-16-7-10-21(2)20-16/h7-8,10,12,15H,3-6,9,11,13H2,1-2H3,(H,19,20,24)/t15-/m1/s1. The molecule has 2 aromatic heterocycles. The van der Waals surface area contributed by atoms with Crippen molar-refractivity contribution < 1.29 is 4.79 Å². The molecule has 0 radical (unpaired) electrons. The molecule has 1 aliphatic heterocycles. The van der Waals surface area contributed by atoms with E-state index in [4.69, 9.17) is 0 Å². The molecule has 1 aliphatic rings. The topological polar surface area (TPSA) is 68.0 Å². The van der Waals surface area contributed by atoms with Gasteiger partial charge in [0.1, 0.15) is 5.82 Å². The van der Waals surface area contributed by atoms with Crippen LogP contribution in [-0.4, -0.2) is 49.3 Å². The smallest absolute Gasteiger partial charge is 0.239 e. The molecule has 2 aromatic rings. The summed E-state index contributed by atoms with van der Waals surface area (Å²) in [5.41, 5.74) is 0. The molecule has 1 atom stereocenters. The second kappa shape index (κ2) is 7.61. The van der Waals surface area contributed by atoms with Crippen LogP contribution >= 0.6 is 0 Å². The summed E-state index contributed by atoms with van der Waals surface area (Å²) in [7, 11) is 1.84. The van der Waals surface area contributed by atoms with E-state index in [1.165, 1.54) is 6.42 Å². The first-order valence-electron chi connectivity index (χ1n) is 8.63. The maximum atomic E-state index is 12.3. The van der Waals surface area contributed by atoms with Gasteiger partial charge >= 0.3 is 0 Å². The van der Waals surface area contributed by atoms with Crippen LogP contribution in [0.15, 0.2) is 24.7 Å². The molecule has 7 nitrogen and oxygen atoms in total. The van der Waals surface area contributed by atoms with Gasteiger partial charge in [-0.05, 0) is 32.7 Å². The van der Waals surface area contributed by atoms with Crippen LogP contribution in [0.25, 0.3) is 0 Å². The van der Waals surface area contributed by atoms with Crippen LogP contribution in [0.4, 0.5) is 5.82 Å². The number of piperidine rings is 1. The van der Waals surface area contributed by atoms with Crippen LogP contribution < -0.4 is 5.32 Å². The number of carbonyl (C=O) groups is 1. The lowest BCUT2D eigenvalue weighted by Crippen LogP contribution is -2.44. The van der Waals surface area contributed by atoms with Crippen molar-refractivity contribution in [3.8, 4) is 0 Å². The van der Waals surface area contributed by atoms with Gasteiger partial charge in [-0.1, -0.05) is 6.42 Å². The first kappa shape index (κ1) is 16.7. The molecule has 130 valence electrons. The molecule has 0 spiro atoms. The second-order valence-electron chi connectivity index (χ2n) is 6.50. The van der Waals surface area contributed by atoms with Crippen molar-refractivity contribution in [2.45, 2.75) is 45.2 Å². The Morgan fingerprint density at radius 2 is 2.25 bits per heavy atom. The molecule has 0 bridgehead atoms. The summed E-state index contributed by atoms with van der Waals surface area (Å²) in [4.78, 5) is 18.9. The quantitative estimate of drug-likeness (QED) is 0.877. The number of hydrogen-bond acceptors (Lipinski definition) is 4. The van der Waals surface area contributed by atoms with Crippen molar-refractivity contribution in [2.75, 3.05) is 18.4 Å². The zero-order valence-corrected chi connectivity index (χ0v) is 14.5. The zero-order valence-electron chi connectivity index (χ0n) is 14.5. The number of nitrogens with zero attached hydrogens (tertiary/aromatic N) is 5. The third-order valence-corrected chi connectivity index (χ3v) is 4.70. The molecule has 3 heterocycles. The minimum atomic E-state index is 0.0133. The first-order chi connectivity index (χ1) is 11.6. The van der Waals surface area contributed by atoms with Crippen LogP contribution in [0.2, 0.25) is 0 Å². The molecule has 1 saturated heterocycles. The average Bonchev–Trinajstić information content (AvgIpc) is 3.15. The number of carbonyl (C=O) groups excluding carboxylic acids is 1. The van der Waals surface area contributed by atoms with Crippen LogP contribution in [0.1, 0.15) is 31.5 Å². The molecule has 7 heteroatoms. The van der Waals surface area contributed by atoms with E-state index in [-0.39, 0.29) is 5.91 Å². The molecule has 24 heavy (non-hydrogen) atoms. The van der Waals surface area contributed by atoms with Gasteiger partial charge in [0.25, 0.3) is 0 Å². The van der Waals surface area contributed by atoms with Gasteiger partial charge in [0.15, 0.2) is 5.82 Å². The molecule has 0 aromatic carbocycles. The van der Waals surface area contributed by atoms with Gasteiger partial charge in [-0.3, -0.25) is 14.4 Å². The fourth-order valence-corrected chi connectivity index (χ4v) is 3.37. The Morgan fingerprint density at radius 1 is 1.38 bits per heavy atom. The van der Waals surface area contributed by atoms with Crippen molar-refractivity contribution >= 4 is 11.7 Å². The van der Waals surface area contributed by atoms with Crippen molar-refractivity contribution in [2.24, 2.45) is 7.05 Å². The van der Waals surface area contributed by atoms with Gasteiger partial charge in [-0.25, -0.2) is 4.98 Å². The highest BCUT2D eigenvalue weighted by molar-refractivity contribution is 5.91. The Kier molecular flexibility index (Phi) is 5.30. The molecular formula is C17H26N6O. The van der Waals surface area contributed by atoms with Crippen LogP contribution in [0.5, 0.6) is 0 Å². The molecule has 0 saturated carbocycles. The molecule has 0 aliphatic carbocycles. The summed E-state index contributed by atoms with van der Waals surface area (Å²) >= 11 is 0. The fourth-order valence-electron chi connectivity index (χ4n) is 3.37. The van der Waals surface area contributed by atoms with Gasteiger partial charge in [0.2, 0.25) is 5.91 Å². The maximum absolute atomic E-state index is 12.3. The third kappa shape index (κ3) is 4.23. The molecule has 0 unspecified atom stereocenters. The average molecular weight is 330 g/mol. The van der Waals surface area contributed by atoms with E-state index in [9.17, 15) is 4.79 Å². The van der Waals surface area contributed by atoms with Crippen LogP contribution in [-0.2, 0) is 18.4 Å². The number of aryl methyl sites for hydroxylation is 3. The number of amides is 1. The lowest BCUT2D eigenvalue weighted by molar-refractivity contribution is -0.118. The number of imidazole rings is 1. The SMILES string of the molecule is Cc1nccn1CC[C@H]1CCCCN1CC(=O)Nc1ccn(C)n1. The Balaban J connectivity index is 1.53. The van der Waals surface area contributed by atoms with E-state index in [1.54, 1.807) is 4.68 Å². The molecule has 1 amide bonds. The minimum Gasteiger partial charge on any atom is -0.335 e. The van der Waals surface area contributed by atoms with Gasteiger partial charge in [-0.15, -0.1) is 0 Å². The van der Waals surface area contributed by atoms with Crippen molar-refractivity contribution in [1.82, 2.24) is 24.2 Å². The first-order valence-corrected chi connectivity index (χ1v) is 8.63. The monoisotopic (exact) mass is 330 g/mol. The normalized spacial score (nSPS) is 18.7. The highest BCUT2D eigenvalue weighted by Gasteiger charge is 2.24. The zero-order chi connectivity index (χ0) is 16.9. The lowest BCUT2D eigenvalue weighted by atomic mass is 9.99. The van der Waals surface area contributed by atoms with Crippen LogP contribution in [0.3, 0.4) is 0 Å². The highest BCUT2D eigenvalue weighted by atomic mass is 16.2. The van der Waals surface area contributed by atoms with Crippen molar-refractivity contribution in [3.05, 3.63) is 30.5 Å². The van der Waals surface area contributed by atoms with Gasteiger partial charge in [0.05, 0.1) is 6.54 Å². The number of rotatable bonds is 6. The summed E-state index contributed by atoms with van der Waals surface area (Å²) in [5.74, 6) is 1.68. The number of anilines is 1. The summed E-state index contributed by atoms with van der Waals surface area (Å²) in [6.45, 7) is 4.40. The van der Waals surface area contributed by atoms with E-state index in [0.29, 0.717) is 18.4 Å². The van der Waals surface area contributed by atoms with E-state index in [2.05, 4.69) is 24.9 Å². The van der Waals surface area contributed by atoms with Gasteiger partial charge in [0, 0.05) is 44.3 Å². The predicted molar refractivity (Wildman–Crippen MR) is 92.6 cm³/mol. The summed E-state index contributed by atoms with van der Waals surface area (Å²) in [6, 6.07) is 2.27. The number of hydrogen-bond donors (Lipinski definition) is 1. The van der Waals surface area contributed by atoms with Crippen LogP contribution in [0, 0.1) is 6.92 Å². The number of aromatic nitrogens is 4.